The van der Waals surface area contributed by atoms with E-state index < -0.39 is 59.2 Å². The summed E-state index contributed by atoms with van der Waals surface area (Å²) in [6.45, 7) is 12.3. The largest absolute Gasteiger partial charge is 0.697 e. The van der Waals surface area contributed by atoms with Crippen molar-refractivity contribution in [2.24, 2.45) is 5.11 Å². The second-order valence-electron chi connectivity index (χ2n) is 8.30. The van der Waals surface area contributed by atoms with E-state index in [1.165, 1.54) is 0 Å². The molecular formula is C16H29N3O9PSi+. The van der Waals surface area contributed by atoms with Crippen LogP contribution in [0.25, 0.3) is 10.4 Å². The van der Waals surface area contributed by atoms with Gasteiger partial charge in [-0.05, 0) is 23.7 Å². The van der Waals surface area contributed by atoms with Gasteiger partial charge in [-0.15, -0.1) is 4.89 Å². The molecule has 1 heterocycles. The smallest absolute Gasteiger partial charge is 0.458 e. The fourth-order valence-corrected chi connectivity index (χ4v) is 3.92. The Hall–Kier alpha value is -1.59. The van der Waals surface area contributed by atoms with Crippen molar-refractivity contribution in [1.82, 2.24) is 0 Å². The van der Waals surface area contributed by atoms with Crippen LogP contribution in [0.15, 0.2) is 5.11 Å². The van der Waals surface area contributed by atoms with Gasteiger partial charge in [0.2, 0.25) is 6.29 Å². The van der Waals surface area contributed by atoms with Crippen LogP contribution in [0.5, 0.6) is 0 Å². The average molecular weight is 466 g/mol. The van der Waals surface area contributed by atoms with Crippen LogP contribution < -0.4 is 0 Å². The lowest BCUT2D eigenvalue weighted by Gasteiger charge is -2.43. The molecule has 0 aromatic heterocycles. The molecule has 30 heavy (non-hydrogen) atoms. The van der Waals surface area contributed by atoms with Crippen LogP contribution in [0.1, 0.15) is 34.6 Å². The molecule has 0 aliphatic carbocycles. The standard InChI is InChI=1S/C16H28N3O9PSi/c1-9(20)25-13-11(8-24-30(6,7)16(3,4)5)27-15(28-29(22)23)12(18-19-17)14(13)26-10(2)21/h11-15H,8H2,1-7H3/p+1/t11-,12+,13-,14-,15-/m1/s1. The average Bonchev–Trinajstić information content (AvgIpc) is 2.56. The molecule has 1 aliphatic rings. The first kappa shape index (κ1) is 26.4. The van der Waals surface area contributed by atoms with Gasteiger partial charge >= 0.3 is 20.2 Å². The van der Waals surface area contributed by atoms with Gasteiger partial charge in [-0.25, -0.2) is 0 Å². The summed E-state index contributed by atoms with van der Waals surface area (Å²) in [7, 11) is -5.40. The van der Waals surface area contributed by atoms with Crippen molar-refractivity contribution in [2.45, 2.75) is 83.4 Å². The summed E-state index contributed by atoms with van der Waals surface area (Å²) in [6.07, 6.45) is -5.05. The van der Waals surface area contributed by atoms with E-state index in [1.54, 1.807) is 0 Å². The third-order valence-electron chi connectivity index (χ3n) is 5.01. The molecule has 1 saturated heterocycles. The maximum absolute atomic E-state index is 11.7. The highest BCUT2D eigenvalue weighted by atomic mass is 31.1. The molecule has 0 aromatic rings. The number of hydrogen-bond acceptors (Lipinski definition) is 9. The van der Waals surface area contributed by atoms with Gasteiger partial charge in [-0.3, -0.25) is 9.59 Å². The molecule has 170 valence electrons. The van der Waals surface area contributed by atoms with E-state index in [9.17, 15) is 19.0 Å². The van der Waals surface area contributed by atoms with Gasteiger partial charge in [-0.1, -0.05) is 30.4 Å². The molecule has 0 radical (unpaired) electrons. The number of esters is 2. The molecule has 0 spiro atoms. The molecule has 14 heteroatoms. The number of nitrogens with zero attached hydrogens (tertiary/aromatic N) is 3. The minimum Gasteiger partial charge on any atom is -0.458 e. The van der Waals surface area contributed by atoms with Gasteiger partial charge in [0.25, 0.3) is 0 Å². The Balaban J connectivity index is 3.33. The third kappa shape index (κ3) is 7.27. The van der Waals surface area contributed by atoms with E-state index in [1.807, 2.05) is 33.9 Å². The Morgan fingerprint density at radius 1 is 1.20 bits per heavy atom. The number of carbonyl (C=O) groups excluding carboxylic acids is 2. The third-order valence-corrected chi connectivity index (χ3v) is 9.90. The molecule has 0 bridgehead atoms. The molecule has 1 rings (SSSR count). The van der Waals surface area contributed by atoms with E-state index in [2.05, 4.69) is 10.0 Å². The maximum atomic E-state index is 11.7. The minimum absolute atomic E-state index is 0.0722. The fourth-order valence-electron chi connectivity index (χ4n) is 2.55. The lowest BCUT2D eigenvalue weighted by molar-refractivity contribution is -0.250. The molecule has 6 atom stereocenters. The number of azide groups is 1. The van der Waals surface area contributed by atoms with Gasteiger partial charge in [0.05, 0.1) is 6.61 Å². The van der Waals surface area contributed by atoms with Crippen molar-refractivity contribution in [3.63, 3.8) is 0 Å². The summed E-state index contributed by atoms with van der Waals surface area (Å²) >= 11 is 0. The van der Waals surface area contributed by atoms with Crippen LogP contribution in [-0.4, -0.2) is 62.4 Å². The Morgan fingerprint density at radius 2 is 1.73 bits per heavy atom. The maximum Gasteiger partial charge on any atom is 0.697 e. The van der Waals surface area contributed by atoms with Crippen LogP contribution >= 0.6 is 8.25 Å². The highest BCUT2D eigenvalue weighted by Crippen LogP contribution is 2.38. The Labute approximate surface area is 176 Å². The lowest BCUT2D eigenvalue weighted by atomic mass is 9.97. The van der Waals surface area contributed by atoms with E-state index in [4.69, 9.17) is 28.7 Å². The van der Waals surface area contributed by atoms with Gasteiger partial charge in [0, 0.05) is 23.3 Å². The second kappa shape index (κ2) is 10.6. The van der Waals surface area contributed by atoms with Crippen LogP contribution in [0.3, 0.4) is 0 Å². The van der Waals surface area contributed by atoms with Crippen LogP contribution in [0.2, 0.25) is 18.1 Å². The summed E-state index contributed by atoms with van der Waals surface area (Å²) in [5.41, 5.74) is 8.90. The monoisotopic (exact) mass is 466 g/mol. The molecule has 1 fully saturated rings. The molecule has 1 unspecified atom stereocenters. The normalized spacial score (nSPS) is 27.6. The van der Waals surface area contributed by atoms with E-state index >= 15 is 0 Å². The van der Waals surface area contributed by atoms with Crippen molar-refractivity contribution in [3.8, 4) is 0 Å². The number of ether oxygens (including phenoxy) is 3. The summed E-state index contributed by atoms with van der Waals surface area (Å²) in [4.78, 5) is 35.2. The summed E-state index contributed by atoms with van der Waals surface area (Å²) in [5.74, 6) is -1.43. The number of hydrogen-bond donors (Lipinski definition) is 1. The molecular weight excluding hydrogens is 437 g/mol. The quantitative estimate of drug-likeness (QED) is 0.141. The zero-order chi connectivity index (χ0) is 23.3. The Kier molecular flexibility index (Phi) is 9.37. The zero-order valence-electron chi connectivity index (χ0n) is 18.1. The zero-order valence-corrected chi connectivity index (χ0v) is 20.0. The van der Waals surface area contributed by atoms with E-state index in [-0.39, 0.29) is 11.6 Å². The highest BCUT2D eigenvalue weighted by Gasteiger charge is 2.53. The van der Waals surface area contributed by atoms with Gasteiger partial charge in [-0.2, -0.15) is 0 Å². The first-order valence-corrected chi connectivity index (χ1v) is 13.2. The van der Waals surface area contributed by atoms with Gasteiger partial charge in [0.1, 0.15) is 12.1 Å². The second-order valence-corrected chi connectivity index (χ2v) is 13.8. The van der Waals surface area contributed by atoms with Crippen molar-refractivity contribution < 1.29 is 42.2 Å². The minimum atomic E-state index is -3.14. The van der Waals surface area contributed by atoms with Gasteiger partial charge in [0.15, 0.2) is 20.5 Å². The molecule has 0 aromatic carbocycles. The predicted octanol–water partition coefficient (Wildman–Crippen LogP) is 2.94. The van der Waals surface area contributed by atoms with E-state index in [0.717, 1.165) is 13.8 Å². The Bertz CT molecular complexity index is 709. The first-order valence-electron chi connectivity index (χ1n) is 9.20. The van der Waals surface area contributed by atoms with Crippen LogP contribution in [-0.2, 0) is 37.3 Å². The lowest BCUT2D eigenvalue weighted by Crippen LogP contribution is -2.61. The molecule has 1 aliphatic heterocycles. The first-order chi connectivity index (χ1) is 13.7. The van der Waals surface area contributed by atoms with Crippen LogP contribution in [0.4, 0.5) is 0 Å². The summed E-state index contributed by atoms with van der Waals surface area (Å²) < 4.78 is 38.5. The van der Waals surface area contributed by atoms with E-state index in [0.29, 0.717) is 0 Å². The van der Waals surface area contributed by atoms with Crippen molar-refractivity contribution in [2.75, 3.05) is 6.61 Å². The molecule has 0 amide bonds. The SMILES string of the molecule is CC(=O)O[C@@H]1[C@H](N=[N+]=[N-])[C@@H](O[P+](=O)O)O[C@H](CO[Si](C)(C)C(C)(C)C)[C@H]1OC(C)=O. The highest BCUT2D eigenvalue weighted by molar-refractivity contribution is 7.32. The summed E-state index contributed by atoms with van der Waals surface area (Å²) in [6, 6.07) is -1.38. The fraction of sp³-hybridized carbons (Fsp3) is 0.875. The Morgan fingerprint density at radius 3 is 2.17 bits per heavy atom. The topological polar surface area (TPSA) is 166 Å². The van der Waals surface area contributed by atoms with Gasteiger partial charge < -0.3 is 18.6 Å². The predicted molar refractivity (Wildman–Crippen MR) is 107 cm³/mol. The number of rotatable bonds is 8. The van der Waals surface area contributed by atoms with Crippen molar-refractivity contribution in [1.29, 1.82) is 0 Å². The van der Waals surface area contributed by atoms with Crippen molar-refractivity contribution in [3.05, 3.63) is 10.4 Å². The molecule has 1 N–H and O–H groups in total. The van der Waals surface area contributed by atoms with Crippen molar-refractivity contribution >= 4 is 28.5 Å². The van der Waals surface area contributed by atoms with Crippen LogP contribution in [0, 0.1) is 0 Å². The number of carbonyl (C=O) groups is 2. The molecule has 0 saturated carbocycles. The molecule has 12 nitrogen and oxygen atoms in total. The summed E-state index contributed by atoms with van der Waals surface area (Å²) in [5, 5.41) is 3.35.